The van der Waals surface area contributed by atoms with Crippen molar-refractivity contribution in [2.24, 2.45) is 0 Å². The van der Waals surface area contributed by atoms with Gasteiger partial charge in [0.15, 0.2) is 0 Å². The molecule has 3 aromatic rings. The molecular formula is C28H35N3O2S. The van der Waals surface area contributed by atoms with Gasteiger partial charge in [0, 0.05) is 16.6 Å². The zero-order valence-corrected chi connectivity index (χ0v) is 21.6. The van der Waals surface area contributed by atoms with Crippen LogP contribution in [0.15, 0.2) is 30.3 Å². The largest absolute Gasteiger partial charge is 0.351 e. The number of hydrogen-bond acceptors (Lipinski definition) is 3. The van der Waals surface area contributed by atoms with Gasteiger partial charge in [-0.3, -0.25) is 14.5 Å². The third kappa shape index (κ3) is 3.86. The molecule has 5 nitrogen and oxygen atoms in total. The summed E-state index contributed by atoms with van der Waals surface area (Å²) >= 11 is 1.74. The van der Waals surface area contributed by atoms with Crippen LogP contribution in [0.5, 0.6) is 0 Å². The Balaban J connectivity index is 1.61. The Morgan fingerprint density at radius 3 is 2.53 bits per heavy atom. The van der Waals surface area contributed by atoms with E-state index in [-0.39, 0.29) is 17.9 Å². The molecule has 3 heterocycles. The van der Waals surface area contributed by atoms with E-state index in [9.17, 15) is 9.59 Å². The van der Waals surface area contributed by atoms with Crippen LogP contribution in [0.4, 0.5) is 5.69 Å². The number of aryl methyl sites for hydroxylation is 3. The van der Waals surface area contributed by atoms with Crippen molar-refractivity contribution >= 4 is 39.1 Å². The highest BCUT2D eigenvalue weighted by molar-refractivity contribution is 7.19. The number of nitrogens with one attached hydrogen (secondary N) is 1. The fourth-order valence-corrected chi connectivity index (χ4v) is 6.74. The number of benzene rings is 1. The minimum Gasteiger partial charge on any atom is -0.351 e. The molecule has 1 saturated carbocycles. The lowest BCUT2D eigenvalue weighted by molar-refractivity contribution is -0.127. The number of aromatic nitrogens is 1. The van der Waals surface area contributed by atoms with Crippen molar-refractivity contribution in [1.82, 2.24) is 9.88 Å². The predicted molar refractivity (Wildman–Crippen MR) is 140 cm³/mol. The lowest BCUT2D eigenvalue weighted by atomic mass is 9.92. The SMILES string of the molecule is CCc1cc2c(cc3n2C[C@@](C)(C(=O)NC2CCCCCC2)N(c2ccc(C)cc2C)C3=O)s1. The molecular weight excluding hydrogens is 442 g/mol. The highest BCUT2D eigenvalue weighted by atomic mass is 32.1. The van der Waals surface area contributed by atoms with Crippen LogP contribution in [0.25, 0.3) is 10.2 Å². The zero-order chi connectivity index (χ0) is 24.0. The number of thiophene rings is 1. The van der Waals surface area contributed by atoms with Gasteiger partial charge in [-0.2, -0.15) is 0 Å². The number of nitrogens with zero attached hydrogens (tertiary/aromatic N) is 2. The Bertz CT molecular complexity index is 1250. The topological polar surface area (TPSA) is 54.3 Å². The molecule has 5 rings (SSSR count). The van der Waals surface area contributed by atoms with Gasteiger partial charge in [-0.1, -0.05) is 50.3 Å². The number of hydrogen-bond donors (Lipinski definition) is 1. The third-order valence-electron chi connectivity index (χ3n) is 7.64. The number of rotatable bonds is 4. The zero-order valence-electron chi connectivity index (χ0n) is 20.7. The molecule has 6 heteroatoms. The Labute approximate surface area is 206 Å². The number of anilines is 1. The number of fused-ring (bicyclic) bond motifs is 3. The second-order valence-electron chi connectivity index (χ2n) is 10.3. The summed E-state index contributed by atoms with van der Waals surface area (Å²) in [5.74, 6) is -0.149. The first-order valence-corrected chi connectivity index (χ1v) is 13.5. The minimum atomic E-state index is -1.02. The monoisotopic (exact) mass is 477 g/mol. The summed E-state index contributed by atoms with van der Waals surface area (Å²) in [6.45, 7) is 8.62. The molecule has 1 aliphatic carbocycles. The Morgan fingerprint density at radius 2 is 1.85 bits per heavy atom. The van der Waals surface area contributed by atoms with Crippen LogP contribution >= 0.6 is 11.3 Å². The molecule has 2 aliphatic rings. The van der Waals surface area contributed by atoms with Gasteiger partial charge in [-0.05, 0) is 63.8 Å². The summed E-state index contributed by atoms with van der Waals surface area (Å²) in [7, 11) is 0. The molecule has 1 aromatic carbocycles. The molecule has 180 valence electrons. The van der Waals surface area contributed by atoms with Crippen LogP contribution in [0.2, 0.25) is 0 Å². The van der Waals surface area contributed by atoms with Crippen LogP contribution in [-0.2, 0) is 17.8 Å². The Kier molecular flexibility index (Phi) is 6.05. The van der Waals surface area contributed by atoms with E-state index in [0.29, 0.717) is 12.2 Å². The second kappa shape index (κ2) is 8.88. The maximum atomic E-state index is 14.1. The van der Waals surface area contributed by atoms with Gasteiger partial charge >= 0.3 is 0 Å². The summed E-state index contributed by atoms with van der Waals surface area (Å²) in [6, 6.07) is 10.5. The molecule has 0 saturated heterocycles. The quantitative estimate of drug-likeness (QED) is 0.459. The first kappa shape index (κ1) is 23.2. The molecule has 2 amide bonds. The van der Waals surface area contributed by atoms with Gasteiger partial charge < -0.3 is 9.88 Å². The predicted octanol–water partition coefficient (Wildman–Crippen LogP) is 6.14. The number of carbonyl (C=O) groups excluding carboxylic acids is 2. The van der Waals surface area contributed by atoms with Gasteiger partial charge in [0.25, 0.3) is 5.91 Å². The summed E-state index contributed by atoms with van der Waals surface area (Å²) in [5, 5.41) is 3.36. The molecule has 0 radical (unpaired) electrons. The van der Waals surface area contributed by atoms with Crippen LogP contribution in [0, 0.1) is 13.8 Å². The van der Waals surface area contributed by atoms with E-state index in [0.717, 1.165) is 59.1 Å². The number of carbonyl (C=O) groups is 2. The van der Waals surface area contributed by atoms with Crippen LogP contribution in [-0.4, -0.2) is 28.0 Å². The summed E-state index contributed by atoms with van der Waals surface area (Å²) < 4.78 is 3.20. The van der Waals surface area contributed by atoms with E-state index in [1.807, 2.05) is 32.0 Å². The van der Waals surface area contributed by atoms with E-state index in [1.165, 1.54) is 17.7 Å². The third-order valence-corrected chi connectivity index (χ3v) is 8.86. The summed E-state index contributed by atoms with van der Waals surface area (Å²) in [4.78, 5) is 31.2. The number of amides is 2. The fraction of sp³-hybridized carbons (Fsp3) is 0.500. The van der Waals surface area contributed by atoms with Crippen LogP contribution in [0.1, 0.15) is 78.9 Å². The molecule has 0 unspecified atom stereocenters. The fourth-order valence-electron chi connectivity index (χ4n) is 5.70. The average Bonchev–Trinajstić information content (AvgIpc) is 3.24. The van der Waals surface area contributed by atoms with Crippen molar-refractivity contribution in [1.29, 1.82) is 0 Å². The van der Waals surface area contributed by atoms with E-state index < -0.39 is 5.54 Å². The van der Waals surface area contributed by atoms with Crippen molar-refractivity contribution in [3.63, 3.8) is 0 Å². The molecule has 0 bridgehead atoms. The van der Waals surface area contributed by atoms with E-state index in [4.69, 9.17) is 0 Å². The Hall–Kier alpha value is -2.60. The summed E-state index contributed by atoms with van der Waals surface area (Å²) in [5.41, 5.74) is 3.70. The minimum absolute atomic E-state index is 0.0498. The van der Waals surface area contributed by atoms with Crippen molar-refractivity contribution in [3.05, 3.63) is 52.0 Å². The highest BCUT2D eigenvalue weighted by Crippen LogP contribution is 2.39. The molecule has 1 aliphatic heterocycles. The van der Waals surface area contributed by atoms with Crippen LogP contribution in [0.3, 0.4) is 0 Å². The van der Waals surface area contributed by atoms with Crippen molar-refractivity contribution in [3.8, 4) is 0 Å². The van der Waals surface area contributed by atoms with Crippen LogP contribution < -0.4 is 10.2 Å². The Morgan fingerprint density at radius 1 is 1.12 bits per heavy atom. The summed E-state index contributed by atoms with van der Waals surface area (Å²) in [6.07, 6.45) is 7.78. The van der Waals surface area contributed by atoms with E-state index in [1.54, 1.807) is 16.2 Å². The standard InChI is InChI=1S/C28H35N3O2S/c1-5-21-15-23-25(34-21)16-24-26(32)31(22-13-12-18(2)14-19(22)3)28(4,17-30(23)24)27(33)29-20-10-8-6-7-9-11-20/h12-16,20H,5-11,17H2,1-4H3,(H,29,33)/t28-/m0/s1. The van der Waals surface area contributed by atoms with Gasteiger partial charge in [0.2, 0.25) is 5.91 Å². The molecule has 34 heavy (non-hydrogen) atoms. The lowest BCUT2D eigenvalue weighted by Crippen LogP contribution is -2.65. The van der Waals surface area contributed by atoms with E-state index in [2.05, 4.69) is 35.9 Å². The molecule has 1 N–H and O–H groups in total. The maximum absolute atomic E-state index is 14.1. The van der Waals surface area contributed by atoms with Crippen molar-refractivity contribution in [2.45, 2.75) is 90.8 Å². The van der Waals surface area contributed by atoms with Gasteiger partial charge in [-0.15, -0.1) is 11.3 Å². The highest BCUT2D eigenvalue weighted by Gasteiger charge is 2.49. The lowest BCUT2D eigenvalue weighted by Gasteiger charge is -2.45. The van der Waals surface area contributed by atoms with Crippen molar-refractivity contribution in [2.75, 3.05) is 4.90 Å². The first-order chi connectivity index (χ1) is 16.3. The molecule has 2 aromatic heterocycles. The average molecular weight is 478 g/mol. The molecule has 1 fully saturated rings. The van der Waals surface area contributed by atoms with Gasteiger partial charge in [0.1, 0.15) is 11.2 Å². The van der Waals surface area contributed by atoms with E-state index >= 15 is 0 Å². The van der Waals surface area contributed by atoms with Gasteiger partial charge in [-0.25, -0.2) is 0 Å². The maximum Gasteiger partial charge on any atom is 0.275 e. The molecule has 1 atom stereocenters. The normalized spacial score (nSPS) is 21.5. The smallest absolute Gasteiger partial charge is 0.275 e. The van der Waals surface area contributed by atoms with Crippen molar-refractivity contribution < 1.29 is 9.59 Å². The van der Waals surface area contributed by atoms with Gasteiger partial charge in [0.05, 0.1) is 16.8 Å². The second-order valence-corrected chi connectivity index (χ2v) is 11.5. The molecule has 0 spiro atoms. The first-order valence-electron chi connectivity index (χ1n) is 12.7.